The van der Waals surface area contributed by atoms with Gasteiger partial charge in [-0.3, -0.25) is 9.59 Å². The van der Waals surface area contributed by atoms with Crippen LogP contribution in [0.4, 0.5) is 0 Å². The molecule has 0 bridgehead atoms. The molecular formula is C25H27NO5. The number of aliphatic carboxylic acids is 1. The molecule has 1 N–H and O–H groups in total. The molecule has 3 rings (SSSR count). The fraction of sp³-hybridized carbons (Fsp3) is 0.280. The van der Waals surface area contributed by atoms with Gasteiger partial charge in [0.15, 0.2) is 0 Å². The second kappa shape index (κ2) is 11.0. The summed E-state index contributed by atoms with van der Waals surface area (Å²) < 4.78 is 28.5. The van der Waals surface area contributed by atoms with Crippen molar-refractivity contribution in [3.05, 3.63) is 78.1 Å². The molecule has 0 saturated heterocycles. The van der Waals surface area contributed by atoms with Gasteiger partial charge in [0.05, 0.1) is 15.6 Å². The van der Waals surface area contributed by atoms with Crippen LogP contribution in [0.5, 0.6) is 5.75 Å². The molecule has 2 aromatic carbocycles. The maximum absolute atomic E-state index is 13.0. The molecule has 6 nitrogen and oxygen atoms in total. The largest absolute Gasteiger partial charge is 0.493 e. The molecule has 0 aliphatic rings. The van der Waals surface area contributed by atoms with E-state index < -0.39 is 18.4 Å². The Morgan fingerprint density at radius 1 is 1.03 bits per heavy atom. The molecule has 1 amide bonds. The zero-order valence-corrected chi connectivity index (χ0v) is 17.4. The quantitative estimate of drug-likeness (QED) is 0.427. The summed E-state index contributed by atoms with van der Waals surface area (Å²) in [6, 6.07) is 17.1. The van der Waals surface area contributed by atoms with Gasteiger partial charge in [-0.1, -0.05) is 30.3 Å². The highest BCUT2D eigenvalue weighted by Gasteiger charge is 2.14. The first kappa shape index (κ1) is 19.4. The molecule has 0 saturated carbocycles. The van der Waals surface area contributed by atoms with E-state index in [1.807, 2.05) is 6.07 Å². The molecule has 0 fully saturated rings. The van der Waals surface area contributed by atoms with E-state index in [0.29, 0.717) is 42.9 Å². The zero-order chi connectivity index (χ0) is 23.8. The van der Waals surface area contributed by atoms with Crippen molar-refractivity contribution >= 4 is 11.9 Å². The highest BCUT2D eigenvalue weighted by molar-refractivity contribution is 5.94. The zero-order valence-electron chi connectivity index (χ0n) is 19.4. The van der Waals surface area contributed by atoms with Crippen molar-refractivity contribution in [3.63, 3.8) is 0 Å². The third-order valence-electron chi connectivity index (χ3n) is 4.71. The number of rotatable bonds is 11. The van der Waals surface area contributed by atoms with E-state index in [4.69, 9.17) is 17.0 Å². The second-order valence-electron chi connectivity index (χ2n) is 7.08. The van der Waals surface area contributed by atoms with Crippen molar-refractivity contribution in [3.8, 4) is 17.1 Å². The molecule has 3 aromatic rings. The summed E-state index contributed by atoms with van der Waals surface area (Å²) in [5.41, 5.74) is 1.43. The first-order valence-corrected chi connectivity index (χ1v) is 10.2. The van der Waals surface area contributed by atoms with Gasteiger partial charge in [-0.05, 0) is 49.6 Å². The third-order valence-corrected chi connectivity index (χ3v) is 4.71. The predicted octanol–water partition coefficient (Wildman–Crippen LogP) is 5.24. The molecule has 31 heavy (non-hydrogen) atoms. The molecule has 0 aliphatic heterocycles. The van der Waals surface area contributed by atoms with E-state index in [1.54, 1.807) is 60.9 Å². The average Bonchev–Trinajstić information content (AvgIpc) is 3.35. The van der Waals surface area contributed by atoms with Crippen LogP contribution in [-0.2, 0) is 11.3 Å². The lowest BCUT2D eigenvalue weighted by molar-refractivity contribution is -0.137. The number of nitrogens with zero attached hydrogens (tertiary/aromatic N) is 1. The van der Waals surface area contributed by atoms with Crippen LogP contribution < -0.4 is 4.74 Å². The van der Waals surface area contributed by atoms with Gasteiger partial charge in [-0.25, -0.2) is 0 Å². The molecule has 0 unspecified atom stereocenters. The van der Waals surface area contributed by atoms with Crippen molar-refractivity contribution in [2.75, 3.05) is 13.7 Å². The Hall–Kier alpha value is -3.54. The number of para-hydroxylation sites is 1. The molecule has 1 heterocycles. The van der Waals surface area contributed by atoms with E-state index in [2.05, 4.69) is 0 Å². The topological polar surface area (TPSA) is 80.0 Å². The number of carbonyl (C=O) groups excluding carboxylic acids is 1. The highest BCUT2D eigenvalue weighted by Crippen LogP contribution is 2.23. The summed E-state index contributed by atoms with van der Waals surface area (Å²) in [6.07, 6.45) is 3.62. The number of furan rings is 1. The van der Waals surface area contributed by atoms with Gasteiger partial charge in [0, 0.05) is 36.7 Å². The molecule has 0 spiro atoms. The Balaban J connectivity index is 1.68. The number of amides is 1. The van der Waals surface area contributed by atoms with Crippen LogP contribution in [0, 0.1) is 0 Å². The van der Waals surface area contributed by atoms with E-state index in [9.17, 15) is 9.59 Å². The van der Waals surface area contributed by atoms with Gasteiger partial charge < -0.3 is 19.2 Å². The number of unbranched alkanes of at least 4 members (excludes halogenated alkanes) is 2. The number of benzene rings is 2. The van der Waals surface area contributed by atoms with Crippen molar-refractivity contribution in [2.45, 2.75) is 32.2 Å². The fourth-order valence-corrected chi connectivity index (χ4v) is 3.07. The first-order valence-electron chi connectivity index (χ1n) is 11.2. The van der Waals surface area contributed by atoms with Gasteiger partial charge in [-0.15, -0.1) is 0 Å². The molecule has 0 atom stereocenters. The molecule has 162 valence electrons. The number of ether oxygens (including phenoxy) is 1. The maximum atomic E-state index is 13.0. The van der Waals surface area contributed by atoms with Gasteiger partial charge in [0.2, 0.25) is 0 Å². The summed E-state index contributed by atoms with van der Waals surface area (Å²) >= 11 is 0. The van der Waals surface area contributed by atoms with Gasteiger partial charge in [-0.2, -0.15) is 0 Å². The standard InChI is InChI=1S/C25H27NO5/c1-26(25(29)20-14-12-19(13-15-20)22-10-7-17-31-22)18-21-8-4-5-9-23(21)30-16-6-2-3-11-24(27)28/h4-5,7-10,12-15,17H,2-3,6,11,16,18H2,1H3,(H,27,28)/i18D2. The number of hydrogen-bond acceptors (Lipinski definition) is 4. The molecule has 6 heteroatoms. The van der Waals surface area contributed by atoms with Crippen molar-refractivity contribution < 1.29 is 26.6 Å². The van der Waals surface area contributed by atoms with Crippen LogP contribution in [0.2, 0.25) is 0 Å². The minimum atomic E-state index is -2.11. The monoisotopic (exact) mass is 423 g/mol. The Morgan fingerprint density at radius 2 is 1.81 bits per heavy atom. The van der Waals surface area contributed by atoms with Crippen LogP contribution >= 0.6 is 0 Å². The summed E-state index contributed by atoms with van der Waals surface area (Å²) in [5, 5.41) is 8.70. The van der Waals surface area contributed by atoms with Crippen molar-refractivity contribution in [1.29, 1.82) is 0 Å². The second-order valence-corrected chi connectivity index (χ2v) is 7.08. The smallest absolute Gasteiger partial charge is 0.303 e. The van der Waals surface area contributed by atoms with Crippen molar-refractivity contribution in [2.24, 2.45) is 0 Å². The van der Waals surface area contributed by atoms with Crippen LogP contribution in [0.15, 0.2) is 71.3 Å². The van der Waals surface area contributed by atoms with Crippen molar-refractivity contribution in [1.82, 2.24) is 4.90 Å². The first-order chi connectivity index (χ1) is 15.8. The van der Waals surface area contributed by atoms with Gasteiger partial charge in [0.1, 0.15) is 11.5 Å². The minimum Gasteiger partial charge on any atom is -0.493 e. The third kappa shape index (κ3) is 6.47. The number of carboxylic acids is 1. The number of carboxylic acid groups (broad SMARTS) is 1. The average molecular weight is 424 g/mol. The van der Waals surface area contributed by atoms with Crippen LogP contribution in [-0.4, -0.2) is 35.5 Å². The SMILES string of the molecule is [2H]C([2H])(c1ccccc1OCCCCCC(=O)O)N(C)C(=O)c1ccc(-c2ccco2)cc1. The summed E-state index contributed by atoms with van der Waals surface area (Å²) in [7, 11) is 1.42. The lowest BCUT2D eigenvalue weighted by atomic mass is 10.1. The highest BCUT2D eigenvalue weighted by atomic mass is 16.5. The normalized spacial score (nSPS) is 12.0. The molecule has 0 radical (unpaired) electrons. The Labute approximate surface area is 184 Å². The lowest BCUT2D eigenvalue weighted by Gasteiger charge is -2.19. The summed E-state index contributed by atoms with van der Waals surface area (Å²) in [5.74, 6) is -0.243. The predicted molar refractivity (Wildman–Crippen MR) is 118 cm³/mol. The maximum Gasteiger partial charge on any atom is 0.303 e. The Morgan fingerprint density at radius 3 is 2.52 bits per heavy atom. The fourth-order valence-electron chi connectivity index (χ4n) is 3.07. The van der Waals surface area contributed by atoms with E-state index in [0.717, 1.165) is 10.5 Å². The molecule has 1 aromatic heterocycles. The Bertz CT molecular complexity index is 1060. The van der Waals surface area contributed by atoms with Crippen LogP contribution in [0.1, 0.15) is 44.3 Å². The van der Waals surface area contributed by atoms with E-state index in [1.165, 1.54) is 7.05 Å². The van der Waals surface area contributed by atoms with Gasteiger partial charge in [0.25, 0.3) is 5.91 Å². The lowest BCUT2D eigenvalue weighted by Crippen LogP contribution is -2.26. The number of hydrogen-bond donors (Lipinski definition) is 1. The summed E-state index contributed by atoms with van der Waals surface area (Å²) in [6.45, 7) is -1.78. The summed E-state index contributed by atoms with van der Waals surface area (Å²) in [4.78, 5) is 24.7. The minimum absolute atomic E-state index is 0.120. The molecular weight excluding hydrogens is 394 g/mol. The van der Waals surface area contributed by atoms with Gasteiger partial charge >= 0.3 is 5.97 Å². The van der Waals surface area contributed by atoms with E-state index >= 15 is 0 Å². The van der Waals surface area contributed by atoms with Crippen LogP contribution in [0.3, 0.4) is 0 Å². The van der Waals surface area contributed by atoms with Crippen LogP contribution in [0.25, 0.3) is 11.3 Å². The number of carbonyl (C=O) groups is 2. The van der Waals surface area contributed by atoms with E-state index in [-0.39, 0.29) is 12.0 Å². The molecule has 0 aliphatic carbocycles. The Kier molecular flexibility index (Phi) is 6.90.